The topological polar surface area (TPSA) is 75.7 Å². The van der Waals surface area contributed by atoms with E-state index in [0.717, 1.165) is 27.8 Å². The third kappa shape index (κ3) is 5.27. The Kier molecular flexibility index (Phi) is 6.70. The van der Waals surface area contributed by atoms with Crippen LogP contribution < -0.4 is 10.1 Å². The van der Waals surface area contributed by atoms with Gasteiger partial charge in [0.2, 0.25) is 15.9 Å². The number of hydrogen-bond donors (Lipinski definition) is 1. The average molecular weight is 380 g/mol. The van der Waals surface area contributed by atoms with Crippen LogP contribution in [0.4, 0.5) is 4.39 Å². The van der Waals surface area contributed by atoms with Crippen molar-refractivity contribution in [1.29, 1.82) is 0 Å². The minimum absolute atomic E-state index is 0.0626. The van der Waals surface area contributed by atoms with Crippen molar-refractivity contribution in [2.24, 2.45) is 0 Å². The van der Waals surface area contributed by atoms with Gasteiger partial charge in [0.05, 0.1) is 18.6 Å². The number of carbonyl (C=O) groups is 1. The Hall–Kier alpha value is -2.45. The van der Waals surface area contributed by atoms with E-state index in [9.17, 15) is 17.6 Å². The molecule has 1 amide bonds. The summed E-state index contributed by atoms with van der Waals surface area (Å²) in [6, 6.07) is 11.9. The Morgan fingerprint density at radius 1 is 1.12 bits per heavy atom. The van der Waals surface area contributed by atoms with Crippen LogP contribution >= 0.6 is 0 Å². The number of carbonyl (C=O) groups excluding carboxylic acids is 1. The van der Waals surface area contributed by atoms with Crippen LogP contribution in [-0.4, -0.2) is 45.9 Å². The molecule has 0 saturated heterocycles. The van der Waals surface area contributed by atoms with E-state index in [1.165, 1.54) is 19.2 Å². The van der Waals surface area contributed by atoms with Gasteiger partial charge in [-0.3, -0.25) is 4.79 Å². The van der Waals surface area contributed by atoms with Gasteiger partial charge in [0, 0.05) is 13.6 Å². The molecule has 1 N–H and O–H groups in total. The summed E-state index contributed by atoms with van der Waals surface area (Å²) in [7, 11) is -0.947. The standard InChI is InChI=1S/C18H21FN2O4S/c1-21(26(23,24)17-9-5-15(19)6-10-17)13-18(22)20-12-11-14-3-7-16(25-2)8-4-14/h3-10H,11-13H2,1-2H3,(H,20,22). The number of methoxy groups -OCH3 is 1. The fourth-order valence-corrected chi connectivity index (χ4v) is 3.40. The van der Waals surface area contributed by atoms with E-state index in [2.05, 4.69) is 5.32 Å². The summed E-state index contributed by atoms with van der Waals surface area (Å²) >= 11 is 0. The number of nitrogens with one attached hydrogen (secondary N) is 1. The predicted octanol–water partition coefficient (Wildman–Crippen LogP) is 1.81. The minimum atomic E-state index is -3.84. The second kappa shape index (κ2) is 8.77. The summed E-state index contributed by atoms with van der Waals surface area (Å²) in [5, 5.41) is 2.69. The number of hydrogen-bond acceptors (Lipinski definition) is 4. The van der Waals surface area contributed by atoms with Gasteiger partial charge < -0.3 is 10.1 Å². The largest absolute Gasteiger partial charge is 0.497 e. The van der Waals surface area contributed by atoms with E-state index in [-0.39, 0.29) is 11.4 Å². The summed E-state index contributed by atoms with van der Waals surface area (Å²) in [5.41, 5.74) is 1.03. The maximum atomic E-state index is 12.9. The number of likely N-dealkylation sites (N-methyl/N-ethyl adjacent to an activating group) is 1. The molecule has 8 heteroatoms. The van der Waals surface area contributed by atoms with Gasteiger partial charge in [-0.2, -0.15) is 4.31 Å². The molecule has 6 nitrogen and oxygen atoms in total. The van der Waals surface area contributed by atoms with Crippen molar-refractivity contribution in [2.45, 2.75) is 11.3 Å². The molecule has 0 aromatic heterocycles. The third-order valence-electron chi connectivity index (χ3n) is 3.78. The smallest absolute Gasteiger partial charge is 0.243 e. The maximum absolute atomic E-state index is 12.9. The first kappa shape index (κ1) is 19.9. The zero-order chi connectivity index (χ0) is 19.2. The Bertz CT molecular complexity index is 836. The molecule has 140 valence electrons. The van der Waals surface area contributed by atoms with E-state index in [4.69, 9.17) is 4.74 Å². The molecule has 0 atom stereocenters. The second-order valence-electron chi connectivity index (χ2n) is 5.66. The van der Waals surface area contributed by atoms with Gasteiger partial charge in [-0.25, -0.2) is 12.8 Å². The zero-order valence-electron chi connectivity index (χ0n) is 14.6. The van der Waals surface area contributed by atoms with Gasteiger partial charge in [-0.05, 0) is 48.4 Å². The maximum Gasteiger partial charge on any atom is 0.243 e. The lowest BCUT2D eigenvalue weighted by atomic mass is 10.1. The SMILES string of the molecule is COc1ccc(CCNC(=O)CN(C)S(=O)(=O)c2ccc(F)cc2)cc1. The lowest BCUT2D eigenvalue weighted by Gasteiger charge is -2.17. The molecule has 0 aliphatic carbocycles. The van der Waals surface area contributed by atoms with E-state index in [1.54, 1.807) is 7.11 Å². The van der Waals surface area contributed by atoms with E-state index >= 15 is 0 Å². The fraction of sp³-hybridized carbons (Fsp3) is 0.278. The van der Waals surface area contributed by atoms with Crippen molar-refractivity contribution in [1.82, 2.24) is 9.62 Å². The second-order valence-corrected chi connectivity index (χ2v) is 7.71. The fourth-order valence-electron chi connectivity index (χ4n) is 2.27. The lowest BCUT2D eigenvalue weighted by molar-refractivity contribution is -0.121. The Morgan fingerprint density at radius 2 is 1.73 bits per heavy atom. The van der Waals surface area contributed by atoms with Gasteiger partial charge in [0.1, 0.15) is 11.6 Å². The van der Waals surface area contributed by atoms with Crippen molar-refractivity contribution >= 4 is 15.9 Å². The molecule has 2 aromatic carbocycles. The van der Waals surface area contributed by atoms with Crippen molar-refractivity contribution in [3.05, 3.63) is 59.9 Å². The molecule has 0 aliphatic rings. The predicted molar refractivity (Wildman–Crippen MR) is 95.9 cm³/mol. The van der Waals surface area contributed by atoms with Crippen LogP contribution in [0.3, 0.4) is 0 Å². The molecule has 0 aliphatic heterocycles. The number of halogens is 1. The summed E-state index contributed by atoms with van der Waals surface area (Å²) in [6.07, 6.45) is 0.615. The first-order valence-electron chi connectivity index (χ1n) is 7.94. The third-order valence-corrected chi connectivity index (χ3v) is 5.60. The minimum Gasteiger partial charge on any atom is -0.497 e. The lowest BCUT2D eigenvalue weighted by Crippen LogP contribution is -2.39. The molecule has 26 heavy (non-hydrogen) atoms. The Morgan fingerprint density at radius 3 is 2.31 bits per heavy atom. The number of sulfonamides is 1. The van der Waals surface area contributed by atoms with Crippen LogP contribution in [0, 0.1) is 5.82 Å². The molecular weight excluding hydrogens is 359 g/mol. The average Bonchev–Trinajstić information content (AvgIpc) is 2.62. The monoisotopic (exact) mass is 380 g/mol. The highest BCUT2D eigenvalue weighted by Gasteiger charge is 2.22. The molecule has 0 radical (unpaired) electrons. The quantitative estimate of drug-likeness (QED) is 0.758. The van der Waals surface area contributed by atoms with Gasteiger partial charge in [0.15, 0.2) is 0 Å². The number of rotatable bonds is 8. The molecule has 0 spiro atoms. The molecule has 0 heterocycles. The molecule has 0 bridgehead atoms. The van der Waals surface area contributed by atoms with Crippen LogP contribution in [0.25, 0.3) is 0 Å². The summed E-state index contributed by atoms with van der Waals surface area (Å²) in [6.45, 7) is 0.0674. The highest BCUT2D eigenvalue weighted by Crippen LogP contribution is 2.14. The van der Waals surface area contributed by atoms with Crippen LogP contribution in [-0.2, 0) is 21.2 Å². The Labute approximate surface area is 152 Å². The van der Waals surface area contributed by atoms with E-state index in [0.29, 0.717) is 13.0 Å². The van der Waals surface area contributed by atoms with Crippen molar-refractivity contribution in [3.63, 3.8) is 0 Å². The normalized spacial score (nSPS) is 11.4. The van der Waals surface area contributed by atoms with Crippen LogP contribution in [0.2, 0.25) is 0 Å². The number of amides is 1. The molecule has 2 rings (SSSR count). The highest BCUT2D eigenvalue weighted by molar-refractivity contribution is 7.89. The van der Waals surface area contributed by atoms with Gasteiger partial charge >= 0.3 is 0 Å². The Balaban J connectivity index is 1.85. The number of nitrogens with zero attached hydrogens (tertiary/aromatic N) is 1. The molecular formula is C18H21FN2O4S. The molecule has 0 fully saturated rings. The van der Waals surface area contributed by atoms with E-state index in [1.807, 2.05) is 24.3 Å². The highest BCUT2D eigenvalue weighted by atomic mass is 32.2. The van der Waals surface area contributed by atoms with Gasteiger partial charge in [0.25, 0.3) is 0 Å². The summed E-state index contributed by atoms with van der Waals surface area (Å²) in [5.74, 6) is -0.181. The van der Waals surface area contributed by atoms with E-state index < -0.39 is 21.7 Å². The zero-order valence-corrected chi connectivity index (χ0v) is 15.4. The van der Waals surface area contributed by atoms with Crippen LogP contribution in [0.15, 0.2) is 53.4 Å². The van der Waals surface area contributed by atoms with Gasteiger partial charge in [-0.1, -0.05) is 12.1 Å². The van der Waals surface area contributed by atoms with Crippen LogP contribution in [0.5, 0.6) is 5.75 Å². The molecule has 2 aromatic rings. The van der Waals surface area contributed by atoms with Crippen molar-refractivity contribution < 1.29 is 22.3 Å². The first-order valence-corrected chi connectivity index (χ1v) is 9.38. The first-order chi connectivity index (χ1) is 12.3. The number of benzene rings is 2. The molecule has 0 saturated carbocycles. The van der Waals surface area contributed by atoms with Crippen molar-refractivity contribution in [2.75, 3.05) is 27.2 Å². The van der Waals surface area contributed by atoms with Crippen LogP contribution in [0.1, 0.15) is 5.56 Å². The summed E-state index contributed by atoms with van der Waals surface area (Å²) in [4.78, 5) is 11.9. The van der Waals surface area contributed by atoms with Gasteiger partial charge in [-0.15, -0.1) is 0 Å². The van der Waals surface area contributed by atoms with Crippen molar-refractivity contribution in [3.8, 4) is 5.75 Å². The number of ether oxygens (including phenoxy) is 1. The summed E-state index contributed by atoms with van der Waals surface area (Å²) < 4.78 is 43.6. The molecule has 0 unspecified atom stereocenters.